The van der Waals surface area contributed by atoms with Gasteiger partial charge in [0.25, 0.3) is 0 Å². The van der Waals surface area contributed by atoms with Crippen molar-refractivity contribution in [2.24, 2.45) is 0 Å². The lowest BCUT2D eigenvalue weighted by molar-refractivity contribution is -0.123. The topological polar surface area (TPSA) is 58.4 Å². The van der Waals surface area contributed by atoms with Crippen LogP contribution in [0.25, 0.3) is 0 Å². The highest BCUT2D eigenvalue weighted by Crippen LogP contribution is 2.30. The van der Waals surface area contributed by atoms with E-state index >= 15 is 0 Å². The number of hydrogen-bond acceptors (Lipinski definition) is 4. The van der Waals surface area contributed by atoms with Crippen molar-refractivity contribution in [1.29, 1.82) is 0 Å². The molecule has 5 heteroatoms. The highest BCUT2D eigenvalue weighted by molar-refractivity contribution is 5.78. The quantitative estimate of drug-likeness (QED) is 0.916. The first kappa shape index (κ1) is 16.7. The van der Waals surface area contributed by atoms with E-state index in [9.17, 15) is 4.79 Å². The third-order valence-electron chi connectivity index (χ3n) is 4.49. The van der Waals surface area contributed by atoms with Gasteiger partial charge in [-0.3, -0.25) is 14.7 Å². The van der Waals surface area contributed by atoms with Gasteiger partial charge in [-0.05, 0) is 50.6 Å². The van der Waals surface area contributed by atoms with Gasteiger partial charge < -0.3 is 9.73 Å². The second-order valence-corrected chi connectivity index (χ2v) is 6.38. The van der Waals surface area contributed by atoms with E-state index in [4.69, 9.17) is 4.42 Å². The standard InChI is InChI=1S/C19H25N3O2/c1-15-9-10-18(24-15)17-8-3-2-6-12-22(17)14-19(23)21-13-16-7-4-5-11-20-16/h4-5,7,9-11,17H,2-3,6,8,12-14H2,1H3,(H,21,23)/t17-/m1/s1. The molecule has 0 saturated carbocycles. The zero-order chi connectivity index (χ0) is 16.8. The molecule has 0 bridgehead atoms. The summed E-state index contributed by atoms with van der Waals surface area (Å²) < 4.78 is 5.84. The van der Waals surface area contributed by atoms with Crippen LogP contribution in [0.5, 0.6) is 0 Å². The molecule has 24 heavy (non-hydrogen) atoms. The van der Waals surface area contributed by atoms with E-state index in [1.807, 2.05) is 37.3 Å². The molecule has 0 radical (unpaired) electrons. The molecule has 2 aromatic heterocycles. The minimum absolute atomic E-state index is 0.0378. The van der Waals surface area contributed by atoms with Gasteiger partial charge in [0.1, 0.15) is 11.5 Å². The molecule has 128 valence electrons. The third-order valence-corrected chi connectivity index (χ3v) is 4.49. The van der Waals surface area contributed by atoms with E-state index in [1.54, 1.807) is 6.20 Å². The predicted octanol–water partition coefficient (Wildman–Crippen LogP) is 3.22. The minimum atomic E-state index is 0.0378. The molecule has 0 aromatic carbocycles. The molecule has 1 fully saturated rings. The van der Waals surface area contributed by atoms with Crippen LogP contribution in [-0.2, 0) is 11.3 Å². The highest BCUT2D eigenvalue weighted by atomic mass is 16.3. The lowest BCUT2D eigenvalue weighted by atomic mass is 10.1. The Morgan fingerprint density at radius 3 is 2.96 bits per heavy atom. The van der Waals surface area contributed by atoms with Crippen LogP contribution in [0.3, 0.4) is 0 Å². The molecule has 3 rings (SSSR count). The Balaban J connectivity index is 1.60. The molecule has 1 atom stereocenters. The zero-order valence-corrected chi connectivity index (χ0v) is 14.2. The van der Waals surface area contributed by atoms with Gasteiger partial charge in [-0.25, -0.2) is 0 Å². The van der Waals surface area contributed by atoms with E-state index in [0.717, 1.165) is 36.6 Å². The smallest absolute Gasteiger partial charge is 0.234 e. The summed E-state index contributed by atoms with van der Waals surface area (Å²) in [6, 6.07) is 9.96. The molecule has 1 saturated heterocycles. The monoisotopic (exact) mass is 327 g/mol. The molecule has 0 spiro atoms. The maximum Gasteiger partial charge on any atom is 0.234 e. The Hall–Kier alpha value is -2.14. The molecule has 1 aliphatic rings. The van der Waals surface area contributed by atoms with Gasteiger partial charge in [-0.15, -0.1) is 0 Å². The van der Waals surface area contributed by atoms with E-state index < -0.39 is 0 Å². The van der Waals surface area contributed by atoms with E-state index in [1.165, 1.54) is 12.8 Å². The fraction of sp³-hybridized carbons (Fsp3) is 0.474. The van der Waals surface area contributed by atoms with Gasteiger partial charge >= 0.3 is 0 Å². The molecule has 1 aliphatic heterocycles. The van der Waals surface area contributed by atoms with E-state index in [-0.39, 0.29) is 11.9 Å². The van der Waals surface area contributed by atoms with Crippen LogP contribution in [0.2, 0.25) is 0 Å². The number of likely N-dealkylation sites (tertiary alicyclic amines) is 1. The number of hydrogen-bond donors (Lipinski definition) is 1. The first-order chi connectivity index (χ1) is 11.7. The van der Waals surface area contributed by atoms with Crippen molar-refractivity contribution in [3.63, 3.8) is 0 Å². The summed E-state index contributed by atoms with van der Waals surface area (Å²) in [7, 11) is 0. The Bertz CT molecular complexity index is 654. The summed E-state index contributed by atoms with van der Waals surface area (Å²) in [5.41, 5.74) is 0.875. The molecule has 1 N–H and O–H groups in total. The first-order valence-electron chi connectivity index (χ1n) is 8.69. The average molecular weight is 327 g/mol. The number of aromatic nitrogens is 1. The minimum Gasteiger partial charge on any atom is -0.465 e. The maximum absolute atomic E-state index is 12.4. The Kier molecular flexibility index (Phi) is 5.64. The third kappa shape index (κ3) is 4.45. The second kappa shape index (κ2) is 8.11. The highest BCUT2D eigenvalue weighted by Gasteiger charge is 2.26. The summed E-state index contributed by atoms with van der Waals surface area (Å²) >= 11 is 0. The van der Waals surface area contributed by atoms with Crippen LogP contribution >= 0.6 is 0 Å². The second-order valence-electron chi connectivity index (χ2n) is 6.38. The van der Waals surface area contributed by atoms with Crippen molar-refractivity contribution < 1.29 is 9.21 Å². The van der Waals surface area contributed by atoms with Crippen molar-refractivity contribution >= 4 is 5.91 Å². The molecule has 2 aromatic rings. The number of nitrogens with zero attached hydrogens (tertiary/aromatic N) is 2. The largest absolute Gasteiger partial charge is 0.465 e. The molecule has 0 aliphatic carbocycles. The summed E-state index contributed by atoms with van der Waals surface area (Å²) in [5.74, 6) is 1.94. The first-order valence-corrected chi connectivity index (χ1v) is 8.69. The van der Waals surface area contributed by atoms with Crippen LogP contribution in [0.4, 0.5) is 0 Å². The average Bonchev–Trinajstić information content (AvgIpc) is 2.89. The number of amides is 1. The van der Waals surface area contributed by atoms with Gasteiger partial charge in [0.2, 0.25) is 5.91 Å². The molecular formula is C19H25N3O2. The van der Waals surface area contributed by atoms with Crippen LogP contribution < -0.4 is 5.32 Å². The van der Waals surface area contributed by atoms with Gasteiger partial charge in [-0.1, -0.05) is 18.9 Å². The number of carbonyl (C=O) groups is 1. The van der Waals surface area contributed by atoms with Gasteiger partial charge in [0.05, 0.1) is 24.8 Å². The zero-order valence-electron chi connectivity index (χ0n) is 14.2. The lowest BCUT2D eigenvalue weighted by Gasteiger charge is -2.27. The van der Waals surface area contributed by atoms with Gasteiger partial charge in [0, 0.05) is 6.20 Å². The van der Waals surface area contributed by atoms with Crippen molar-refractivity contribution in [3.8, 4) is 0 Å². The van der Waals surface area contributed by atoms with E-state index in [2.05, 4.69) is 15.2 Å². The molecule has 0 unspecified atom stereocenters. The van der Waals surface area contributed by atoms with Gasteiger partial charge in [0.15, 0.2) is 0 Å². The fourth-order valence-electron chi connectivity index (χ4n) is 3.24. The summed E-state index contributed by atoms with van der Waals surface area (Å²) in [4.78, 5) is 18.9. The molecule has 5 nitrogen and oxygen atoms in total. The number of pyridine rings is 1. The Morgan fingerprint density at radius 2 is 2.21 bits per heavy atom. The number of rotatable bonds is 5. The number of nitrogens with one attached hydrogen (secondary N) is 1. The summed E-state index contributed by atoms with van der Waals surface area (Å²) in [6.07, 6.45) is 6.30. The summed E-state index contributed by atoms with van der Waals surface area (Å²) in [6.45, 7) is 3.76. The molecule has 3 heterocycles. The normalized spacial score (nSPS) is 19.0. The molecule has 1 amide bonds. The number of furan rings is 1. The van der Waals surface area contributed by atoms with E-state index in [0.29, 0.717) is 13.1 Å². The van der Waals surface area contributed by atoms with Crippen molar-refractivity contribution in [1.82, 2.24) is 15.2 Å². The number of aryl methyl sites for hydroxylation is 1. The van der Waals surface area contributed by atoms with Crippen molar-refractivity contribution in [2.45, 2.75) is 45.2 Å². The van der Waals surface area contributed by atoms with Crippen LogP contribution in [0.1, 0.15) is 48.9 Å². The van der Waals surface area contributed by atoms with Crippen molar-refractivity contribution in [2.75, 3.05) is 13.1 Å². The fourth-order valence-corrected chi connectivity index (χ4v) is 3.24. The number of carbonyl (C=O) groups excluding carboxylic acids is 1. The van der Waals surface area contributed by atoms with Crippen LogP contribution in [0, 0.1) is 6.92 Å². The van der Waals surface area contributed by atoms with Crippen molar-refractivity contribution in [3.05, 3.63) is 53.7 Å². The van der Waals surface area contributed by atoms with Crippen LogP contribution in [0.15, 0.2) is 40.9 Å². The molecular weight excluding hydrogens is 302 g/mol. The van der Waals surface area contributed by atoms with Crippen LogP contribution in [-0.4, -0.2) is 28.9 Å². The maximum atomic E-state index is 12.4. The lowest BCUT2D eigenvalue weighted by Crippen LogP contribution is -2.39. The SMILES string of the molecule is Cc1ccc([C@H]2CCCCCN2CC(=O)NCc2ccccn2)o1. The summed E-state index contributed by atoms with van der Waals surface area (Å²) in [5, 5.41) is 2.97. The van der Waals surface area contributed by atoms with Gasteiger partial charge in [-0.2, -0.15) is 0 Å². The predicted molar refractivity (Wildman–Crippen MR) is 92.3 cm³/mol. The Labute approximate surface area is 143 Å². The Morgan fingerprint density at radius 1 is 1.29 bits per heavy atom.